The van der Waals surface area contributed by atoms with E-state index < -0.39 is 0 Å². The van der Waals surface area contributed by atoms with Crippen molar-refractivity contribution in [3.05, 3.63) is 65.5 Å². The highest BCUT2D eigenvalue weighted by Crippen LogP contribution is 2.13. The van der Waals surface area contributed by atoms with Crippen molar-refractivity contribution in [1.82, 2.24) is 10.6 Å². The summed E-state index contributed by atoms with van der Waals surface area (Å²) in [6.07, 6.45) is 1.02. The van der Waals surface area contributed by atoms with E-state index in [1.165, 1.54) is 17.7 Å². The minimum atomic E-state index is -0.341. The summed E-state index contributed by atoms with van der Waals surface area (Å²) in [6, 6.07) is 14.4. The molecule has 2 rings (SSSR count). The van der Waals surface area contributed by atoms with Crippen molar-refractivity contribution in [2.45, 2.75) is 26.3 Å². The lowest BCUT2D eigenvalue weighted by atomic mass is 10.1. The van der Waals surface area contributed by atoms with Gasteiger partial charge in [0.15, 0.2) is 0 Å². The molecule has 0 fully saturated rings. The maximum atomic E-state index is 13.0. The average Bonchev–Trinajstić information content (AvgIpc) is 2.63. The molecule has 1 unspecified atom stereocenters. The molecule has 0 aliphatic carbocycles. The lowest BCUT2D eigenvalue weighted by molar-refractivity contribution is -0.120. The molecule has 0 saturated carbocycles. The molecule has 2 N–H and O–H groups in total. The van der Waals surface area contributed by atoms with Gasteiger partial charge >= 0.3 is 0 Å². The summed E-state index contributed by atoms with van der Waals surface area (Å²) in [5.41, 5.74) is 2.45. The number of amides is 1. The Morgan fingerprint density at radius 3 is 2.64 bits per heavy atom. The Bertz CT molecular complexity index is 674. The first-order valence-electron chi connectivity index (χ1n) is 8.55. The quantitative estimate of drug-likeness (QED) is 0.687. The number of hydrogen-bond acceptors (Lipinski definition) is 3. The van der Waals surface area contributed by atoms with Gasteiger partial charge in [0.1, 0.15) is 18.2 Å². The van der Waals surface area contributed by atoms with Crippen molar-refractivity contribution in [2.75, 3.05) is 19.7 Å². The fraction of sp³-hybridized carbons (Fsp3) is 0.350. The zero-order valence-electron chi connectivity index (χ0n) is 14.7. The third-order valence-electron chi connectivity index (χ3n) is 3.95. The molecule has 4 nitrogen and oxygen atoms in total. The van der Waals surface area contributed by atoms with E-state index in [0.29, 0.717) is 18.9 Å². The summed E-state index contributed by atoms with van der Waals surface area (Å²) in [4.78, 5) is 11.9. The molecular weight excluding hydrogens is 319 g/mol. The van der Waals surface area contributed by atoms with Crippen LogP contribution < -0.4 is 15.4 Å². The Morgan fingerprint density at radius 2 is 1.96 bits per heavy atom. The van der Waals surface area contributed by atoms with Crippen LogP contribution in [0.3, 0.4) is 0 Å². The fourth-order valence-corrected chi connectivity index (χ4v) is 2.38. The lowest BCUT2D eigenvalue weighted by Crippen LogP contribution is -2.37. The van der Waals surface area contributed by atoms with Gasteiger partial charge in [-0.3, -0.25) is 4.79 Å². The summed E-state index contributed by atoms with van der Waals surface area (Å²) in [7, 11) is 0. The molecular formula is C20H25FN2O2. The Hall–Kier alpha value is -2.40. The summed E-state index contributed by atoms with van der Waals surface area (Å²) < 4.78 is 18.4. The third-order valence-corrected chi connectivity index (χ3v) is 3.95. The normalized spacial score (nSPS) is 11.8. The highest BCUT2D eigenvalue weighted by atomic mass is 19.1. The summed E-state index contributed by atoms with van der Waals surface area (Å²) >= 11 is 0. The Morgan fingerprint density at radius 1 is 1.20 bits per heavy atom. The van der Waals surface area contributed by atoms with Crippen LogP contribution in [0.25, 0.3) is 0 Å². The van der Waals surface area contributed by atoms with Crippen LogP contribution in [0.1, 0.15) is 31.0 Å². The zero-order valence-corrected chi connectivity index (χ0v) is 14.7. The van der Waals surface area contributed by atoms with Gasteiger partial charge in [0.2, 0.25) is 5.91 Å². The minimum Gasteiger partial charge on any atom is -0.492 e. The number of ether oxygens (including phenoxy) is 1. The van der Waals surface area contributed by atoms with Gasteiger partial charge in [-0.15, -0.1) is 0 Å². The molecule has 0 aliphatic heterocycles. The highest BCUT2D eigenvalue weighted by molar-refractivity contribution is 5.78. The van der Waals surface area contributed by atoms with Crippen molar-refractivity contribution in [1.29, 1.82) is 0 Å². The van der Waals surface area contributed by atoms with E-state index in [1.807, 2.05) is 6.92 Å². The first-order valence-corrected chi connectivity index (χ1v) is 8.55. The molecule has 134 valence electrons. The molecule has 25 heavy (non-hydrogen) atoms. The van der Waals surface area contributed by atoms with Gasteiger partial charge in [0, 0.05) is 12.1 Å². The molecule has 2 aromatic rings. The van der Waals surface area contributed by atoms with Crippen LogP contribution in [0, 0.1) is 5.82 Å². The molecule has 0 aromatic heterocycles. The van der Waals surface area contributed by atoms with Crippen molar-refractivity contribution < 1.29 is 13.9 Å². The van der Waals surface area contributed by atoms with E-state index in [2.05, 4.69) is 41.8 Å². The van der Waals surface area contributed by atoms with Crippen LogP contribution in [0.5, 0.6) is 5.75 Å². The Labute approximate surface area is 148 Å². The third kappa shape index (κ3) is 6.55. The van der Waals surface area contributed by atoms with E-state index in [9.17, 15) is 9.18 Å². The van der Waals surface area contributed by atoms with Crippen molar-refractivity contribution in [3.63, 3.8) is 0 Å². The Kier molecular flexibility index (Phi) is 7.41. The van der Waals surface area contributed by atoms with E-state index in [-0.39, 0.29) is 24.3 Å². The standard InChI is InChI=1S/C20H25FN2O2/c1-3-16-7-9-17(10-8-16)15(2)23-14-20(24)22-11-12-25-19-6-4-5-18(21)13-19/h4-10,13,15,23H,3,11-12,14H2,1-2H3,(H,22,24). The number of rotatable bonds is 9. The number of benzene rings is 2. The van der Waals surface area contributed by atoms with Gasteiger partial charge in [-0.1, -0.05) is 37.3 Å². The van der Waals surface area contributed by atoms with Crippen molar-refractivity contribution in [3.8, 4) is 5.75 Å². The van der Waals surface area contributed by atoms with Crippen LogP contribution in [0.15, 0.2) is 48.5 Å². The van der Waals surface area contributed by atoms with Crippen molar-refractivity contribution >= 4 is 5.91 Å². The molecule has 1 amide bonds. The SMILES string of the molecule is CCc1ccc(C(C)NCC(=O)NCCOc2cccc(F)c2)cc1. The second-order valence-electron chi connectivity index (χ2n) is 5.85. The predicted molar refractivity (Wildman–Crippen MR) is 97.1 cm³/mol. The number of carbonyl (C=O) groups excluding carboxylic acids is 1. The van der Waals surface area contributed by atoms with Gasteiger partial charge < -0.3 is 15.4 Å². The maximum Gasteiger partial charge on any atom is 0.234 e. The number of aryl methyl sites for hydroxylation is 1. The molecule has 0 bridgehead atoms. The van der Waals surface area contributed by atoms with Gasteiger partial charge in [-0.25, -0.2) is 4.39 Å². The summed E-state index contributed by atoms with van der Waals surface area (Å²) in [5, 5.41) is 5.97. The maximum absolute atomic E-state index is 13.0. The van der Waals surface area contributed by atoms with E-state index >= 15 is 0 Å². The molecule has 0 aliphatic rings. The number of carbonyl (C=O) groups is 1. The summed E-state index contributed by atoms with van der Waals surface area (Å²) in [6.45, 7) is 5.05. The van der Waals surface area contributed by atoms with Crippen LogP contribution in [-0.4, -0.2) is 25.6 Å². The van der Waals surface area contributed by atoms with Crippen molar-refractivity contribution in [2.24, 2.45) is 0 Å². The predicted octanol–water partition coefficient (Wildman–Crippen LogP) is 3.23. The molecule has 2 aromatic carbocycles. The summed E-state index contributed by atoms with van der Waals surface area (Å²) in [5.74, 6) is 0.0167. The van der Waals surface area contributed by atoms with E-state index in [4.69, 9.17) is 4.74 Å². The second kappa shape index (κ2) is 9.79. The minimum absolute atomic E-state index is 0.0973. The van der Waals surface area contributed by atoms with Gasteiger partial charge in [-0.2, -0.15) is 0 Å². The second-order valence-corrected chi connectivity index (χ2v) is 5.85. The fourth-order valence-electron chi connectivity index (χ4n) is 2.38. The molecule has 0 heterocycles. The monoisotopic (exact) mass is 344 g/mol. The topological polar surface area (TPSA) is 50.4 Å². The molecule has 0 radical (unpaired) electrons. The number of hydrogen-bond donors (Lipinski definition) is 2. The van der Waals surface area contributed by atoms with Crippen LogP contribution >= 0.6 is 0 Å². The molecule has 1 atom stereocenters. The largest absolute Gasteiger partial charge is 0.492 e. The first-order chi connectivity index (χ1) is 12.1. The lowest BCUT2D eigenvalue weighted by Gasteiger charge is -2.15. The zero-order chi connectivity index (χ0) is 18.1. The van der Waals surface area contributed by atoms with Gasteiger partial charge in [0.05, 0.1) is 13.1 Å². The molecule has 5 heteroatoms. The van der Waals surface area contributed by atoms with Crippen LogP contribution in [-0.2, 0) is 11.2 Å². The molecule has 0 saturated heterocycles. The smallest absolute Gasteiger partial charge is 0.234 e. The average molecular weight is 344 g/mol. The van der Waals surface area contributed by atoms with Crippen LogP contribution in [0.4, 0.5) is 4.39 Å². The first kappa shape index (κ1) is 18.9. The van der Waals surface area contributed by atoms with E-state index in [1.54, 1.807) is 12.1 Å². The van der Waals surface area contributed by atoms with Gasteiger partial charge in [0.25, 0.3) is 0 Å². The molecule has 0 spiro atoms. The number of halogens is 1. The van der Waals surface area contributed by atoms with Gasteiger partial charge in [-0.05, 0) is 36.6 Å². The van der Waals surface area contributed by atoms with E-state index in [0.717, 1.165) is 12.0 Å². The Balaban J connectivity index is 1.64. The van der Waals surface area contributed by atoms with Crippen LogP contribution in [0.2, 0.25) is 0 Å². The number of nitrogens with one attached hydrogen (secondary N) is 2. The highest BCUT2D eigenvalue weighted by Gasteiger charge is 2.07.